The molecular weight excluding hydrogens is 244 g/mol. The van der Waals surface area contributed by atoms with Crippen LogP contribution in [0.15, 0.2) is 38.0 Å². The lowest BCUT2D eigenvalue weighted by atomic mass is 10.1. The number of nitrogens with one attached hydrogen (secondary N) is 2. The van der Waals surface area contributed by atoms with Crippen LogP contribution in [0.5, 0.6) is 0 Å². The quantitative estimate of drug-likeness (QED) is 0.539. The van der Waals surface area contributed by atoms with Gasteiger partial charge in [-0.2, -0.15) is 0 Å². The van der Waals surface area contributed by atoms with Gasteiger partial charge >= 0.3 is 0 Å². The van der Waals surface area contributed by atoms with E-state index in [4.69, 9.17) is 0 Å². The fourth-order valence-electron chi connectivity index (χ4n) is 0.848. The van der Waals surface area contributed by atoms with Crippen molar-refractivity contribution >= 4 is 17.6 Å². The number of carbonyl (C=O) groups is 3. The molecule has 0 aliphatic heterocycles. The van der Waals surface area contributed by atoms with Crippen LogP contribution >= 0.6 is 0 Å². The molecule has 0 unspecified atom stereocenters. The highest BCUT2D eigenvalue weighted by molar-refractivity contribution is 5.89. The predicted molar refractivity (Wildman–Crippen MR) is 76.2 cm³/mol. The molecule has 0 aliphatic carbocycles. The van der Waals surface area contributed by atoms with Gasteiger partial charge in [0.15, 0.2) is 5.78 Å². The Morgan fingerprint density at radius 2 is 1.37 bits per heavy atom. The van der Waals surface area contributed by atoms with Crippen molar-refractivity contribution < 1.29 is 14.4 Å². The summed E-state index contributed by atoms with van der Waals surface area (Å²) in [5.41, 5.74) is 0. The molecule has 0 aliphatic rings. The molecule has 106 valence electrons. The van der Waals surface area contributed by atoms with Crippen molar-refractivity contribution in [2.75, 3.05) is 6.67 Å². The lowest BCUT2D eigenvalue weighted by Gasteiger charge is -2.01. The third-order valence-electron chi connectivity index (χ3n) is 1.73. The second-order valence-electron chi connectivity index (χ2n) is 3.94. The number of allylic oxidation sites excluding steroid dienone is 1. The number of carbonyl (C=O) groups excluding carboxylic acids is 3. The number of amides is 2. The largest absolute Gasteiger partial charge is 0.335 e. The highest BCUT2D eigenvalue weighted by Gasteiger charge is 1.97. The van der Waals surface area contributed by atoms with Gasteiger partial charge in [-0.1, -0.05) is 33.6 Å². The van der Waals surface area contributed by atoms with E-state index in [0.717, 1.165) is 12.2 Å². The molecule has 0 aromatic heterocycles. The average Bonchev–Trinajstić information content (AvgIpc) is 2.38. The number of hydrogen-bond acceptors (Lipinski definition) is 3. The second-order valence-corrected chi connectivity index (χ2v) is 3.94. The Bertz CT molecular complexity index is 327. The Labute approximate surface area is 114 Å². The van der Waals surface area contributed by atoms with Crippen LogP contribution in [-0.4, -0.2) is 24.3 Å². The van der Waals surface area contributed by atoms with E-state index in [-0.39, 0.29) is 24.3 Å². The maximum absolute atomic E-state index is 10.5. The molecule has 0 heterocycles. The zero-order valence-electron chi connectivity index (χ0n) is 11.6. The van der Waals surface area contributed by atoms with Crippen molar-refractivity contribution in [2.45, 2.75) is 20.3 Å². The molecule has 0 rings (SSSR count). The van der Waals surface area contributed by atoms with Gasteiger partial charge < -0.3 is 10.6 Å². The summed E-state index contributed by atoms with van der Waals surface area (Å²) in [7, 11) is 0. The predicted octanol–water partition coefficient (Wildman–Crippen LogP) is 1.34. The molecule has 19 heavy (non-hydrogen) atoms. The van der Waals surface area contributed by atoms with Crippen LogP contribution < -0.4 is 10.6 Å². The molecule has 0 saturated carbocycles. The van der Waals surface area contributed by atoms with Crippen molar-refractivity contribution in [3.8, 4) is 0 Å². The van der Waals surface area contributed by atoms with Crippen molar-refractivity contribution in [2.24, 2.45) is 5.92 Å². The van der Waals surface area contributed by atoms with Crippen molar-refractivity contribution in [1.82, 2.24) is 10.6 Å². The standard InChI is InChI=1S/C7H10N2O2.C7H12O/c1-3-6(10)8-5-9-7(11)4-2;1-4-7(8)5-6(2)3/h3-4H,1-2,5H2,(H,8,10)(H,9,11);4,6H,1,5H2,2-3H3. The summed E-state index contributed by atoms with van der Waals surface area (Å²) in [6.45, 7) is 14.0. The van der Waals surface area contributed by atoms with Crippen molar-refractivity contribution in [3.05, 3.63) is 38.0 Å². The molecule has 0 saturated heterocycles. The summed E-state index contributed by atoms with van der Waals surface area (Å²) in [4.78, 5) is 31.5. The summed E-state index contributed by atoms with van der Waals surface area (Å²) in [6.07, 6.45) is 4.25. The van der Waals surface area contributed by atoms with Gasteiger partial charge in [0.2, 0.25) is 11.8 Å². The fourth-order valence-corrected chi connectivity index (χ4v) is 0.848. The average molecular weight is 266 g/mol. The van der Waals surface area contributed by atoms with Gasteiger partial charge in [-0.15, -0.1) is 0 Å². The van der Waals surface area contributed by atoms with Crippen LogP contribution in [-0.2, 0) is 14.4 Å². The molecule has 0 aromatic carbocycles. The fraction of sp³-hybridized carbons (Fsp3) is 0.357. The maximum Gasteiger partial charge on any atom is 0.244 e. The smallest absolute Gasteiger partial charge is 0.244 e. The summed E-state index contributed by atoms with van der Waals surface area (Å²) < 4.78 is 0. The lowest BCUT2D eigenvalue weighted by molar-refractivity contribution is -0.118. The van der Waals surface area contributed by atoms with Crippen LogP contribution in [0.2, 0.25) is 0 Å². The molecule has 5 nitrogen and oxygen atoms in total. The minimum absolute atomic E-state index is 0.0930. The summed E-state index contributed by atoms with van der Waals surface area (Å²) in [5, 5.41) is 4.72. The summed E-state index contributed by atoms with van der Waals surface area (Å²) in [5.74, 6) is -0.0516. The molecule has 0 radical (unpaired) electrons. The van der Waals surface area contributed by atoms with Crippen molar-refractivity contribution in [1.29, 1.82) is 0 Å². The molecule has 0 aromatic rings. The minimum atomic E-state index is -0.325. The monoisotopic (exact) mass is 266 g/mol. The van der Waals surface area contributed by atoms with E-state index in [0.29, 0.717) is 12.3 Å². The number of hydrogen-bond donors (Lipinski definition) is 2. The van der Waals surface area contributed by atoms with Gasteiger partial charge in [-0.25, -0.2) is 0 Å². The van der Waals surface area contributed by atoms with E-state index >= 15 is 0 Å². The maximum atomic E-state index is 10.5. The molecular formula is C14H22N2O3. The Kier molecular flexibility index (Phi) is 12.4. The van der Waals surface area contributed by atoms with Crippen LogP contribution in [0.25, 0.3) is 0 Å². The van der Waals surface area contributed by atoms with Gasteiger partial charge in [0.1, 0.15) is 0 Å². The van der Waals surface area contributed by atoms with E-state index in [1.54, 1.807) is 0 Å². The first-order chi connectivity index (χ1) is 8.87. The molecule has 0 bridgehead atoms. The molecule has 2 amide bonds. The van der Waals surface area contributed by atoms with E-state index in [9.17, 15) is 14.4 Å². The van der Waals surface area contributed by atoms with Crippen LogP contribution in [0.1, 0.15) is 20.3 Å². The molecule has 0 atom stereocenters. The minimum Gasteiger partial charge on any atom is -0.335 e. The van der Waals surface area contributed by atoms with E-state index in [1.165, 1.54) is 6.08 Å². The summed E-state index contributed by atoms with van der Waals surface area (Å²) in [6, 6.07) is 0. The Morgan fingerprint density at radius 3 is 1.58 bits per heavy atom. The second kappa shape index (κ2) is 12.3. The van der Waals surface area contributed by atoms with E-state index < -0.39 is 0 Å². The van der Waals surface area contributed by atoms with Crippen LogP contribution in [0.3, 0.4) is 0 Å². The van der Waals surface area contributed by atoms with E-state index in [2.05, 4.69) is 30.4 Å². The molecule has 2 N–H and O–H groups in total. The number of rotatable bonds is 7. The Balaban J connectivity index is 0. The van der Waals surface area contributed by atoms with Gasteiger partial charge in [0.25, 0.3) is 0 Å². The SMILES string of the molecule is C=CC(=O)CC(C)C.C=CC(=O)NCNC(=O)C=C. The Morgan fingerprint density at radius 1 is 0.947 bits per heavy atom. The molecule has 5 heteroatoms. The topological polar surface area (TPSA) is 75.3 Å². The Hall–Kier alpha value is -2.17. The van der Waals surface area contributed by atoms with Crippen LogP contribution in [0.4, 0.5) is 0 Å². The zero-order chi connectivity index (χ0) is 15.3. The summed E-state index contributed by atoms with van der Waals surface area (Å²) >= 11 is 0. The first-order valence-corrected chi connectivity index (χ1v) is 5.83. The highest BCUT2D eigenvalue weighted by atomic mass is 16.2. The highest BCUT2D eigenvalue weighted by Crippen LogP contribution is 1.99. The number of ketones is 1. The van der Waals surface area contributed by atoms with Gasteiger partial charge in [0, 0.05) is 6.42 Å². The third-order valence-corrected chi connectivity index (χ3v) is 1.73. The van der Waals surface area contributed by atoms with Gasteiger partial charge in [-0.3, -0.25) is 14.4 Å². The van der Waals surface area contributed by atoms with Crippen LogP contribution in [0, 0.1) is 5.92 Å². The third kappa shape index (κ3) is 15.8. The lowest BCUT2D eigenvalue weighted by Crippen LogP contribution is -2.35. The first kappa shape index (κ1) is 19.2. The first-order valence-electron chi connectivity index (χ1n) is 5.83. The van der Waals surface area contributed by atoms with Gasteiger partial charge in [-0.05, 0) is 24.1 Å². The normalized spacial score (nSPS) is 8.58. The van der Waals surface area contributed by atoms with Crippen molar-refractivity contribution in [3.63, 3.8) is 0 Å². The van der Waals surface area contributed by atoms with E-state index in [1.807, 2.05) is 13.8 Å². The zero-order valence-corrected chi connectivity index (χ0v) is 11.6. The molecule has 0 spiro atoms. The molecule has 0 fully saturated rings. The van der Waals surface area contributed by atoms with Gasteiger partial charge in [0.05, 0.1) is 6.67 Å².